The van der Waals surface area contributed by atoms with Crippen molar-refractivity contribution in [1.29, 1.82) is 0 Å². The SMILES string of the molecule is Cc1ccc(C(C)n2cncc2-c2ccnc(N)c2)o1. The van der Waals surface area contributed by atoms with Gasteiger partial charge in [-0.1, -0.05) is 0 Å². The first-order valence-corrected chi connectivity index (χ1v) is 6.45. The fourth-order valence-electron chi connectivity index (χ4n) is 2.26. The van der Waals surface area contributed by atoms with Gasteiger partial charge in [0.15, 0.2) is 0 Å². The normalized spacial score (nSPS) is 12.5. The summed E-state index contributed by atoms with van der Waals surface area (Å²) in [6.45, 7) is 4.02. The average Bonchev–Trinajstić information content (AvgIpc) is 3.06. The Morgan fingerprint density at radius 1 is 1.30 bits per heavy atom. The number of furan rings is 1. The van der Waals surface area contributed by atoms with E-state index >= 15 is 0 Å². The Morgan fingerprint density at radius 3 is 2.85 bits per heavy atom. The zero-order chi connectivity index (χ0) is 14.1. The van der Waals surface area contributed by atoms with Crippen molar-refractivity contribution in [3.05, 3.63) is 54.5 Å². The summed E-state index contributed by atoms with van der Waals surface area (Å²) in [6.07, 6.45) is 5.32. The van der Waals surface area contributed by atoms with E-state index in [0.29, 0.717) is 5.82 Å². The van der Waals surface area contributed by atoms with Crippen LogP contribution in [0.4, 0.5) is 5.82 Å². The van der Waals surface area contributed by atoms with E-state index in [-0.39, 0.29) is 6.04 Å². The standard InChI is InChI=1S/C15H16N4O/c1-10-3-4-14(20-10)11(2)19-9-17-8-13(19)12-5-6-18-15(16)7-12/h3-9,11H,1-2H3,(H2,16,18). The maximum Gasteiger partial charge on any atom is 0.126 e. The summed E-state index contributed by atoms with van der Waals surface area (Å²) < 4.78 is 7.76. The number of hydrogen-bond donors (Lipinski definition) is 1. The molecule has 0 amide bonds. The number of nitrogen functional groups attached to an aromatic ring is 1. The molecular weight excluding hydrogens is 252 g/mol. The third-order valence-corrected chi connectivity index (χ3v) is 3.33. The minimum Gasteiger partial charge on any atom is -0.464 e. The molecule has 0 aliphatic heterocycles. The summed E-state index contributed by atoms with van der Waals surface area (Å²) >= 11 is 0. The van der Waals surface area contributed by atoms with Crippen molar-refractivity contribution in [2.24, 2.45) is 0 Å². The fraction of sp³-hybridized carbons (Fsp3) is 0.200. The van der Waals surface area contributed by atoms with Crippen LogP contribution in [0.2, 0.25) is 0 Å². The molecule has 0 fully saturated rings. The number of pyridine rings is 1. The minimum atomic E-state index is 0.0654. The highest BCUT2D eigenvalue weighted by atomic mass is 16.3. The molecule has 3 aromatic heterocycles. The van der Waals surface area contributed by atoms with Gasteiger partial charge in [-0.15, -0.1) is 0 Å². The lowest BCUT2D eigenvalue weighted by Crippen LogP contribution is -2.06. The van der Waals surface area contributed by atoms with E-state index in [1.807, 2.05) is 37.4 Å². The number of anilines is 1. The lowest BCUT2D eigenvalue weighted by Gasteiger charge is -2.14. The second-order valence-corrected chi connectivity index (χ2v) is 4.78. The van der Waals surface area contributed by atoms with Gasteiger partial charge in [0.2, 0.25) is 0 Å². The van der Waals surface area contributed by atoms with Crippen LogP contribution >= 0.6 is 0 Å². The van der Waals surface area contributed by atoms with Crippen molar-refractivity contribution >= 4 is 5.82 Å². The summed E-state index contributed by atoms with van der Waals surface area (Å²) in [5, 5.41) is 0. The van der Waals surface area contributed by atoms with E-state index in [9.17, 15) is 0 Å². The Labute approximate surface area is 117 Å². The molecular formula is C15H16N4O. The number of nitrogens with two attached hydrogens (primary N) is 1. The van der Waals surface area contributed by atoms with Crippen molar-refractivity contribution in [2.75, 3.05) is 5.73 Å². The van der Waals surface area contributed by atoms with Crippen LogP contribution < -0.4 is 5.73 Å². The first kappa shape index (κ1) is 12.5. The van der Waals surface area contributed by atoms with Gasteiger partial charge < -0.3 is 14.7 Å². The molecule has 3 aromatic rings. The zero-order valence-corrected chi connectivity index (χ0v) is 11.4. The maximum absolute atomic E-state index is 5.75. The molecule has 5 heteroatoms. The van der Waals surface area contributed by atoms with E-state index in [4.69, 9.17) is 10.2 Å². The van der Waals surface area contributed by atoms with Gasteiger partial charge in [0.25, 0.3) is 0 Å². The van der Waals surface area contributed by atoms with Crippen molar-refractivity contribution in [1.82, 2.24) is 14.5 Å². The summed E-state index contributed by atoms with van der Waals surface area (Å²) in [7, 11) is 0. The highest BCUT2D eigenvalue weighted by Gasteiger charge is 2.16. The second-order valence-electron chi connectivity index (χ2n) is 4.78. The summed E-state index contributed by atoms with van der Waals surface area (Å²) in [5.74, 6) is 2.31. The molecule has 0 spiro atoms. The Balaban J connectivity index is 2.02. The zero-order valence-electron chi connectivity index (χ0n) is 11.4. The Kier molecular flexibility index (Phi) is 3.02. The molecule has 0 radical (unpaired) electrons. The van der Waals surface area contributed by atoms with Gasteiger partial charge >= 0.3 is 0 Å². The summed E-state index contributed by atoms with van der Waals surface area (Å²) in [6, 6.07) is 7.78. The molecule has 0 aliphatic rings. The van der Waals surface area contributed by atoms with Crippen LogP contribution in [-0.2, 0) is 0 Å². The maximum atomic E-state index is 5.75. The predicted molar refractivity (Wildman–Crippen MR) is 77.1 cm³/mol. The van der Waals surface area contributed by atoms with Gasteiger partial charge in [0.1, 0.15) is 17.3 Å². The molecule has 102 valence electrons. The van der Waals surface area contributed by atoms with Crippen LogP contribution in [0.1, 0.15) is 24.5 Å². The largest absolute Gasteiger partial charge is 0.464 e. The first-order chi connectivity index (χ1) is 9.65. The second kappa shape index (κ2) is 4.85. The third kappa shape index (κ3) is 2.18. The van der Waals surface area contributed by atoms with Gasteiger partial charge in [-0.2, -0.15) is 0 Å². The van der Waals surface area contributed by atoms with Crippen LogP contribution in [0, 0.1) is 6.92 Å². The van der Waals surface area contributed by atoms with Crippen LogP contribution in [0.15, 0.2) is 47.4 Å². The van der Waals surface area contributed by atoms with E-state index < -0.39 is 0 Å². The summed E-state index contributed by atoms with van der Waals surface area (Å²) in [4.78, 5) is 8.26. The lowest BCUT2D eigenvalue weighted by molar-refractivity contribution is 0.430. The molecule has 0 aromatic carbocycles. The smallest absolute Gasteiger partial charge is 0.126 e. The van der Waals surface area contributed by atoms with Crippen LogP contribution in [0.3, 0.4) is 0 Å². The average molecular weight is 268 g/mol. The monoisotopic (exact) mass is 268 g/mol. The molecule has 0 saturated carbocycles. The Hall–Kier alpha value is -2.56. The van der Waals surface area contributed by atoms with Crippen LogP contribution in [0.25, 0.3) is 11.3 Å². The Bertz CT molecular complexity index is 729. The van der Waals surface area contributed by atoms with Gasteiger partial charge in [0, 0.05) is 11.8 Å². The molecule has 2 N–H and O–H groups in total. The molecule has 20 heavy (non-hydrogen) atoms. The number of nitrogens with zero attached hydrogens (tertiary/aromatic N) is 3. The van der Waals surface area contributed by atoms with Crippen molar-refractivity contribution in [3.8, 4) is 11.3 Å². The van der Waals surface area contributed by atoms with E-state index in [0.717, 1.165) is 22.8 Å². The first-order valence-electron chi connectivity index (χ1n) is 6.45. The van der Waals surface area contributed by atoms with Crippen molar-refractivity contribution < 1.29 is 4.42 Å². The van der Waals surface area contributed by atoms with Crippen molar-refractivity contribution in [3.63, 3.8) is 0 Å². The minimum absolute atomic E-state index is 0.0654. The number of aryl methyl sites for hydroxylation is 1. The topological polar surface area (TPSA) is 69.9 Å². The Morgan fingerprint density at radius 2 is 2.15 bits per heavy atom. The highest BCUT2D eigenvalue weighted by molar-refractivity contribution is 5.62. The number of aromatic nitrogens is 3. The van der Waals surface area contributed by atoms with E-state index in [2.05, 4.69) is 21.5 Å². The molecule has 3 rings (SSSR count). The van der Waals surface area contributed by atoms with Gasteiger partial charge in [-0.3, -0.25) is 0 Å². The van der Waals surface area contributed by atoms with E-state index in [1.165, 1.54) is 0 Å². The number of rotatable bonds is 3. The molecule has 1 atom stereocenters. The molecule has 0 bridgehead atoms. The quantitative estimate of drug-likeness (QED) is 0.792. The predicted octanol–water partition coefficient (Wildman–Crippen LogP) is 3.04. The number of imidazole rings is 1. The molecule has 3 heterocycles. The highest BCUT2D eigenvalue weighted by Crippen LogP contribution is 2.27. The lowest BCUT2D eigenvalue weighted by atomic mass is 10.1. The molecule has 1 unspecified atom stereocenters. The molecule has 0 aliphatic carbocycles. The van der Waals surface area contributed by atoms with Crippen LogP contribution in [0.5, 0.6) is 0 Å². The van der Waals surface area contributed by atoms with Gasteiger partial charge in [-0.05, 0) is 38.1 Å². The molecule has 5 nitrogen and oxygen atoms in total. The fourth-order valence-corrected chi connectivity index (χ4v) is 2.26. The number of hydrogen-bond acceptors (Lipinski definition) is 4. The van der Waals surface area contributed by atoms with Gasteiger partial charge in [-0.25, -0.2) is 9.97 Å². The van der Waals surface area contributed by atoms with Crippen molar-refractivity contribution in [2.45, 2.75) is 19.9 Å². The summed E-state index contributed by atoms with van der Waals surface area (Å²) in [5.41, 5.74) is 7.72. The molecule has 0 saturated heterocycles. The van der Waals surface area contributed by atoms with Crippen LogP contribution in [-0.4, -0.2) is 14.5 Å². The van der Waals surface area contributed by atoms with E-state index in [1.54, 1.807) is 12.5 Å². The van der Waals surface area contributed by atoms with Gasteiger partial charge in [0.05, 0.1) is 24.3 Å². The third-order valence-electron chi connectivity index (χ3n) is 3.33.